The van der Waals surface area contributed by atoms with Crippen LogP contribution in [0.3, 0.4) is 0 Å². The van der Waals surface area contributed by atoms with Crippen molar-refractivity contribution >= 4 is 15.7 Å². The Balaban J connectivity index is 2.81. The van der Waals surface area contributed by atoms with Crippen LogP contribution in [0.1, 0.15) is 19.8 Å². The van der Waals surface area contributed by atoms with Crippen molar-refractivity contribution in [3.63, 3.8) is 0 Å². The van der Waals surface area contributed by atoms with Gasteiger partial charge in [-0.05, 0) is 6.42 Å². The van der Waals surface area contributed by atoms with Gasteiger partial charge in [0.05, 0.1) is 5.75 Å². The molecule has 0 aromatic heterocycles. The van der Waals surface area contributed by atoms with E-state index in [1.807, 2.05) is 6.92 Å². The summed E-state index contributed by atoms with van der Waals surface area (Å²) >= 11 is 0. The fraction of sp³-hybridized carbons (Fsp3) is 0.857. The lowest BCUT2D eigenvalue weighted by Crippen LogP contribution is -2.48. The third-order valence-electron chi connectivity index (χ3n) is 1.96. The zero-order valence-corrected chi connectivity index (χ0v) is 7.86. The molecule has 1 N–H and O–H groups in total. The lowest BCUT2D eigenvalue weighted by Gasteiger charge is -2.21. The number of carbonyl (C=O) groups is 1. The van der Waals surface area contributed by atoms with E-state index in [-0.39, 0.29) is 18.2 Å². The van der Waals surface area contributed by atoms with E-state index in [1.54, 1.807) is 0 Å². The molecule has 1 amide bonds. The second-order valence-electron chi connectivity index (χ2n) is 2.94. The highest BCUT2D eigenvalue weighted by Crippen LogP contribution is 2.12. The van der Waals surface area contributed by atoms with Gasteiger partial charge in [0.1, 0.15) is 5.25 Å². The third kappa shape index (κ3) is 1.77. The van der Waals surface area contributed by atoms with Crippen molar-refractivity contribution in [1.29, 1.82) is 0 Å². The minimum atomic E-state index is -3.15. The Labute approximate surface area is 72.3 Å². The van der Waals surface area contributed by atoms with E-state index in [2.05, 4.69) is 5.32 Å². The third-order valence-corrected chi connectivity index (χ3v) is 4.05. The molecule has 70 valence electrons. The number of nitrogens with one attached hydrogen (secondary N) is 1. The van der Waals surface area contributed by atoms with Crippen molar-refractivity contribution < 1.29 is 13.2 Å². The summed E-state index contributed by atoms with van der Waals surface area (Å²) in [6.45, 7) is 2.14. The normalized spacial score (nSPS) is 28.1. The second kappa shape index (κ2) is 3.43. The van der Waals surface area contributed by atoms with Crippen molar-refractivity contribution in [3.05, 3.63) is 0 Å². The lowest BCUT2D eigenvalue weighted by atomic mass is 10.2. The van der Waals surface area contributed by atoms with Crippen molar-refractivity contribution in [2.75, 3.05) is 12.3 Å². The van der Waals surface area contributed by atoms with Crippen LogP contribution in [0, 0.1) is 0 Å². The molecule has 0 radical (unpaired) electrons. The Morgan fingerprint density at radius 3 is 2.75 bits per heavy atom. The zero-order chi connectivity index (χ0) is 9.19. The molecular formula is C7H13NO3S. The van der Waals surface area contributed by atoms with Crippen LogP contribution < -0.4 is 5.32 Å². The van der Waals surface area contributed by atoms with Gasteiger partial charge in [-0.15, -0.1) is 0 Å². The van der Waals surface area contributed by atoms with Gasteiger partial charge in [0.25, 0.3) is 0 Å². The first-order valence-corrected chi connectivity index (χ1v) is 5.78. The summed E-state index contributed by atoms with van der Waals surface area (Å²) in [6.07, 6.45) is 1.16. The predicted molar refractivity (Wildman–Crippen MR) is 45.5 cm³/mol. The topological polar surface area (TPSA) is 63.2 Å². The molecule has 0 saturated carbocycles. The van der Waals surface area contributed by atoms with E-state index in [0.29, 0.717) is 6.42 Å². The van der Waals surface area contributed by atoms with Crippen LogP contribution in [-0.2, 0) is 14.6 Å². The first kappa shape index (κ1) is 9.51. The van der Waals surface area contributed by atoms with E-state index in [9.17, 15) is 13.2 Å². The Morgan fingerprint density at radius 2 is 2.25 bits per heavy atom. The Kier molecular flexibility index (Phi) is 2.72. The first-order valence-electron chi connectivity index (χ1n) is 4.07. The second-order valence-corrected chi connectivity index (χ2v) is 5.24. The Hall–Kier alpha value is -0.580. The highest BCUT2D eigenvalue weighted by atomic mass is 32.2. The van der Waals surface area contributed by atoms with Gasteiger partial charge in [-0.3, -0.25) is 4.79 Å². The average molecular weight is 191 g/mol. The summed E-state index contributed by atoms with van der Waals surface area (Å²) in [6, 6.07) is 0. The molecule has 12 heavy (non-hydrogen) atoms. The van der Waals surface area contributed by atoms with E-state index in [1.165, 1.54) is 0 Å². The molecule has 4 nitrogen and oxygen atoms in total. The fourth-order valence-electron chi connectivity index (χ4n) is 1.31. The molecule has 0 aromatic rings. The number of rotatable bonds is 2. The monoisotopic (exact) mass is 191 g/mol. The Morgan fingerprint density at radius 1 is 1.58 bits per heavy atom. The first-order chi connectivity index (χ1) is 5.58. The molecule has 0 aliphatic carbocycles. The summed E-state index contributed by atoms with van der Waals surface area (Å²) < 4.78 is 22.6. The number of carbonyl (C=O) groups excluding carboxylic acids is 1. The van der Waals surface area contributed by atoms with Crippen molar-refractivity contribution in [2.24, 2.45) is 0 Å². The summed E-state index contributed by atoms with van der Waals surface area (Å²) in [5.41, 5.74) is 0. The molecule has 0 aromatic carbocycles. The van der Waals surface area contributed by atoms with Crippen LogP contribution >= 0.6 is 0 Å². The molecule has 1 aliphatic heterocycles. The van der Waals surface area contributed by atoms with Gasteiger partial charge in [0.2, 0.25) is 5.91 Å². The molecule has 0 bridgehead atoms. The van der Waals surface area contributed by atoms with E-state index >= 15 is 0 Å². The maximum Gasteiger partial charge on any atom is 0.238 e. The van der Waals surface area contributed by atoms with Crippen molar-refractivity contribution in [2.45, 2.75) is 25.0 Å². The predicted octanol–water partition coefficient (Wildman–Crippen LogP) is -0.300. The van der Waals surface area contributed by atoms with Gasteiger partial charge in [0, 0.05) is 6.54 Å². The number of hydrogen-bond acceptors (Lipinski definition) is 3. The minimum absolute atomic E-state index is 0.0867. The molecule has 5 heteroatoms. The zero-order valence-electron chi connectivity index (χ0n) is 7.04. The highest BCUT2D eigenvalue weighted by molar-refractivity contribution is 7.92. The molecule has 1 heterocycles. The quantitative estimate of drug-likeness (QED) is 0.651. The molecule has 1 fully saturated rings. The van der Waals surface area contributed by atoms with Crippen molar-refractivity contribution in [3.8, 4) is 0 Å². The maximum absolute atomic E-state index is 11.3. The molecule has 0 spiro atoms. The van der Waals surface area contributed by atoms with Crippen molar-refractivity contribution in [1.82, 2.24) is 5.32 Å². The van der Waals surface area contributed by atoms with Crippen LogP contribution in [0.4, 0.5) is 0 Å². The standard InChI is InChI=1S/C7H13NO3S/c1-2-3-6-7(9)8-4-5-12(6,10)11/h6H,2-5H2,1H3,(H,8,9). The highest BCUT2D eigenvalue weighted by Gasteiger charge is 2.34. The van der Waals surface area contributed by atoms with E-state index in [0.717, 1.165) is 6.42 Å². The molecule has 1 unspecified atom stereocenters. The summed E-state index contributed by atoms with van der Waals surface area (Å²) in [7, 11) is -3.15. The van der Waals surface area contributed by atoms with Gasteiger partial charge >= 0.3 is 0 Å². The average Bonchev–Trinajstić information content (AvgIpc) is 1.97. The van der Waals surface area contributed by atoms with Gasteiger partial charge in [-0.1, -0.05) is 13.3 Å². The maximum atomic E-state index is 11.3. The van der Waals surface area contributed by atoms with Crippen LogP contribution in [-0.4, -0.2) is 31.9 Å². The molecule has 1 saturated heterocycles. The summed E-state index contributed by atoms with van der Waals surface area (Å²) in [5.74, 6) is -0.244. The Bertz CT molecular complexity index is 270. The fourth-order valence-corrected chi connectivity index (χ4v) is 2.98. The van der Waals surface area contributed by atoms with E-state index in [4.69, 9.17) is 0 Å². The van der Waals surface area contributed by atoms with Crippen LogP contribution in [0.2, 0.25) is 0 Å². The summed E-state index contributed by atoms with van der Waals surface area (Å²) in [5, 5.41) is 1.76. The van der Waals surface area contributed by atoms with Crippen LogP contribution in [0.5, 0.6) is 0 Å². The smallest absolute Gasteiger partial charge is 0.238 e. The van der Waals surface area contributed by atoms with Gasteiger partial charge in [-0.25, -0.2) is 8.42 Å². The van der Waals surface area contributed by atoms with Crippen LogP contribution in [0.25, 0.3) is 0 Å². The SMILES string of the molecule is CCCC1C(=O)NCCS1(=O)=O. The largest absolute Gasteiger partial charge is 0.354 e. The van der Waals surface area contributed by atoms with Gasteiger partial charge < -0.3 is 5.32 Å². The number of sulfone groups is 1. The van der Waals surface area contributed by atoms with Gasteiger partial charge in [0.15, 0.2) is 9.84 Å². The molecular weight excluding hydrogens is 178 g/mol. The lowest BCUT2D eigenvalue weighted by molar-refractivity contribution is -0.121. The molecule has 1 rings (SSSR count). The van der Waals surface area contributed by atoms with Crippen LogP contribution in [0.15, 0.2) is 0 Å². The minimum Gasteiger partial charge on any atom is -0.354 e. The summed E-state index contributed by atoms with van der Waals surface area (Å²) in [4.78, 5) is 11.1. The number of amides is 1. The molecule has 1 atom stereocenters. The van der Waals surface area contributed by atoms with Gasteiger partial charge in [-0.2, -0.15) is 0 Å². The number of hydrogen-bond donors (Lipinski definition) is 1. The molecule has 1 aliphatic rings. The van der Waals surface area contributed by atoms with E-state index < -0.39 is 15.1 Å².